The predicted molar refractivity (Wildman–Crippen MR) is 140 cm³/mol. The van der Waals surface area contributed by atoms with Crippen LogP contribution in [0.3, 0.4) is 0 Å². The van der Waals surface area contributed by atoms with E-state index in [9.17, 15) is 18.0 Å². The number of alkyl halides is 3. The van der Waals surface area contributed by atoms with Crippen molar-refractivity contribution in [2.75, 3.05) is 35.2 Å². The first-order valence-electron chi connectivity index (χ1n) is 13.9. The molecule has 4 fully saturated rings. The maximum atomic E-state index is 14.0. The van der Waals surface area contributed by atoms with Gasteiger partial charge in [-0.2, -0.15) is 13.2 Å². The van der Waals surface area contributed by atoms with E-state index in [-0.39, 0.29) is 49.3 Å². The zero-order valence-electron chi connectivity index (χ0n) is 22.2. The molecule has 2 bridgehead atoms. The van der Waals surface area contributed by atoms with Gasteiger partial charge in [-0.25, -0.2) is 19.9 Å². The van der Waals surface area contributed by atoms with E-state index in [4.69, 9.17) is 20.6 Å². The van der Waals surface area contributed by atoms with Gasteiger partial charge in [0.05, 0.1) is 47.8 Å². The number of anilines is 4. The molecule has 0 aromatic carbocycles. The number of nitrogens with one attached hydrogen (secondary N) is 1. The lowest BCUT2D eigenvalue weighted by Gasteiger charge is -2.27. The summed E-state index contributed by atoms with van der Waals surface area (Å²) < 4.78 is 51.2. The molecule has 2 aromatic heterocycles. The third kappa shape index (κ3) is 4.15. The second kappa shape index (κ2) is 9.39. The van der Waals surface area contributed by atoms with E-state index >= 15 is 0 Å². The van der Waals surface area contributed by atoms with Crippen molar-refractivity contribution in [2.24, 2.45) is 0 Å². The highest BCUT2D eigenvalue weighted by Crippen LogP contribution is 2.54. The standard InChI is InChI=1S/C26H30F3N9O3/c27-26(28,29)17-4-3-7-36(17)23(31)41-13-18-34-20(30)19-21(35-18)38(22(39)25(19)5-1-2-6-25)15-9-32-24(33-10-15)37-11-16-8-14(37)12-40-16/h9-10,14,16-17,31H,1-8,11-13H2,(H2,30,34,35)/t14?,16?,17-/m1/s1. The number of aromatic nitrogens is 4. The number of likely N-dealkylation sites (tertiary alicyclic amines) is 1. The fourth-order valence-corrected chi connectivity index (χ4v) is 7.09. The summed E-state index contributed by atoms with van der Waals surface area (Å²) in [6, 6.07) is -2.12. The lowest BCUT2D eigenvalue weighted by molar-refractivity contribution is -0.169. The smallest absolute Gasteiger partial charge is 0.408 e. The Hall–Kier alpha value is -3.75. The molecular weight excluding hydrogens is 543 g/mol. The number of rotatable bonds is 4. The van der Waals surface area contributed by atoms with Crippen molar-refractivity contribution in [3.05, 3.63) is 23.8 Å². The number of nitrogen functional groups attached to an aromatic ring is 1. The van der Waals surface area contributed by atoms with E-state index in [0.29, 0.717) is 48.9 Å². The van der Waals surface area contributed by atoms with Crippen LogP contribution in [-0.2, 0) is 26.3 Å². The second-order valence-corrected chi connectivity index (χ2v) is 11.4. The van der Waals surface area contributed by atoms with Crippen molar-refractivity contribution in [1.29, 1.82) is 5.41 Å². The zero-order chi connectivity index (χ0) is 28.5. The predicted octanol–water partition coefficient (Wildman–Crippen LogP) is 2.79. The monoisotopic (exact) mass is 573 g/mol. The van der Waals surface area contributed by atoms with Gasteiger partial charge in [-0.15, -0.1) is 0 Å². The molecule has 41 heavy (non-hydrogen) atoms. The van der Waals surface area contributed by atoms with E-state index in [1.54, 1.807) is 12.4 Å². The van der Waals surface area contributed by atoms with Gasteiger partial charge < -0.3 is 25.0 Å². The molecule has 3 N–H and O–H groups in total. The van der Waals surface area contributed by atoms with Crippen molar-refractivity contribution in [1.82, 2.24) is 24.8 Å². The molecule has 7 rings (SSSR count). The molecule has 0 radical (unpaired) electrons. The molecule has 218 valence electrons. The number of nitrogens with zero attached hydrogens (tertiary/aromatic N) is 7. The zero-order valence-corrected chi connectivity index (χ0v) is 22.2. The minimum Gasteiger partial charge on any atom is -0.457 e. The summed E-state index contributed by atoms with van der Waals surface area (Å²) >= 11 is 0. The average molecular weight is 574 g/mol. The van der Waals surface area contributed by atoms with Crippen LogP contribution in [0.25, 0.3) is 0 Å². The summed E-state index contributed by atoms with van der Waals surface area (Å²) in [5, 5.41) is 8.14. The van der Waals surface area contributed by atoms with Crippen molar-refractivity contribution in [2.45, 2.75) is 81.3 Å². The van der Waals surface area contributed by atoms with Gasteiger partial charge in [0.15, 0.2) is 12.4 Å². The average Bonchev–Trinajstić information content (AvgIpc) is 3.78. The number of ether oxygens (including phenoxy) is 2. The molecule has 3 saturated heterocycles. The highest BCUT2D eigenvalue weighted by molar-refractivity contribution is 6.13. The summed E-state index contributed by atoms with van der Waals surface area (Å²) in [6.07, 6.45) is 2.99. The van der Waals surface area contributed by atoms with E-state index in [0.717, 1.165) is 30.7 Å². The Morgan fingerprint density at radius 1 is 1.20 bits per heavy atom. The first-order chi connectivity index (χ1) is 19.7. The first kappa shape index (κ1) is 26.2. The highest BCUT2D eigenvalue weighted by atomic mass is 19.4. The Morgan fingerprint density at radius 2 is 1.95 bits per heavy atom. The molecule has 1 saturated carbocycles. The van der Waals surface area contributed by atoms with Crippen LogP contribution in [0.1, 0.15) is 56.3 Å². The van der Waals surface area contributed by atoms with Gasteiger partial charge >= 0.3 is 6.18 Å². The number of carbonyl (C=O) groups is 1. The number of hydrogen-bond donors (Lipinski definition) is 2. The van der Waals surface area contributed by atoms with Gasteiger partial charge in [0.25, 0.3) is 6.02 Å². The second-order valence-electron chi connectivity index (χ2n) is 11.4. The molecule has 1 aliphatic carbocycles. The Balaban J connectivity index is 1.17. The third-order valence-electron chi connectivity index (χ3n) is 8.99. The largest absolute Gasteiger partial charge is 0.457 e. The summed E-state index contributed by atoms with van der Waals surface area (Å²) in [5.41, 5.74) is 6.56. The third-order valence-corrected chi connectivity index (χ3v) is 8.99. The van der Waals surface area contributed by atoms with E-state index in [2.05, 4.69) is 24.8 Å². The first-order valence-corrected chi connectivity index (χ1v) is 13.9. The number of halogens is 3. The summed E-state index contributed by atoms with van der Waals surface area (Å²) in [6.45, 7) is 1.07. The number of amides is 1. The minimum absolute atomic E-state index is 0.0623. The summed E-state index contributed by atoms with van der Waals surface area (Å²) in [7, 11) is 0. The van der Waals surface area contributed by atoms with Gasteiger partial charge in [-0.3, -0.25) is 15.1 Å². The van der Waals surface area contributed by atoms with E-state index in [1.165, 1.54) is 4.90 Å². The number of morpholine rings is 1. The molecule has 6 heterocycles. The SMILES string of the molecule is N=C(OCc1nc(N)c2c(n1)N(c1cnc(N3CC4CC3CO4)nc1)C(=O)C21CCCC1)N1CCC[C@@H]1C(F)(F)F. The molecule has 15 heteroatoms. The highest BCUT2D eigenvalue weighted by Gasteiger charge is 2.55. The van der Waals surface area contributed by atoms with Crippen molar-refractivity contribution in [3.8, 4) is 0 Å². The van der Waals surface area contributed by atoms with Gasteiger partial charge in [-0.05, 0) is 32.1 Å². The maximum Gasteiger partial charge on any atom is 0.408 e. The van der Waals surface area contributed by atoms with Crippen molar-refractivity contribution in [3.63, 3.8) is 0 Å². The van der Waals surface area contributed by atoms with Crippen LogP contribution in [0.5, 0.6) is 0 Å². The van der Waals surface area contributed by atoms with Crippen LogP contribution < -0.4 is 15.5 Å². The van der Waals surface area contributed by atoms with Crippen LogP contribution in [-0.4, -0.2) is 80.8 Å². The van der Waals surface area contributed by atoms with Gasteiger partial charge in [0, 0.05) is 13.1 Å². The quantitative estimate of drug-likeness (QED) is 0.413. The number of amidine groups is 1. The van der Waals surface area contributed by atoms with Crippen molar-refractivity contribution >= 4 is 35.2 Å². The van der Waals surface area contributed by atoms with Crippen LogP contribution in [0.2, 0.25) is 0 Å². The van der Waals surface area contributed by atoms with Gasteiger partial charge in [0.1, 0.15) is 17.7 Å². The molecule has 1 spiro atoms. The fourth-order valence-electron chi connectivity index (χ4n) is 7.09. The minimum atomic E-state index is -4.46. The summed E-state index contributed by atoms with van der Waals surface area (Å²) in [5.74, 6) is 0.881. The molecule has 2 unspecified atom stereocenters. The van der Waals surface area contributed by atoms with E-state index in [1.807, 2.05) is 0 Å². The maximum absolute atomic E-state index is 14.0. The number of nitrogens with two attached hydrogens (primary N) is 1. The Morgan fingerprint density at radius 3 is 2.61 bits per heavy atom. The number of carbonyl (C=O) groups excluding carboxylic acids is 1. The number of hydrogen-bond acceptors (Lipinski definition) is 10. The Labute approximate surface area is 233 Å². The topological polar surface area (TPSA) is 147 Å². The number of fused-ring (bicyclic) bond motifs is 4. The van der Waals surface area contributed by atoms with Gasteiger partial charge in [-0.1, -0.05) is 12.8 Å². The van der Waals surface area contributed by atoms with Crippen LogP contribution >= 0.6 is 0 Å². The van der Waals surface area contributed by atoms with Gasteiger partial charge in [0.2, 0.25) is 11.9 Å². The normalized spacial score (nSPS) is 26.5. The molecule has 5 aliphatic rings. The molecule has 4 aliphatic heterocycles. The molecule has 12 nitrogen and oxygen atoms in total. The summed E-state index contributed by atoms with van der Waals surface area (Å²) in [4.78, 5) is 36.6. The van der Waals surface area contributed by atoms with Crippen LogP contribution in [0.4, 0.5) is 36.4 Å². The Kier molecular flexibility index (Phi) is 5.99. The molecule has 3 atom stereocenters. The van der Waals surface area contributed by atoms with Crippen LogP contribution in [0, 0.1) is 5.41 Å². The Bertz CT molecular complexity index is 1380. The van der Waals surface area contributed by atoms with E-state index < -0.39 is 23.7 Å². The molecular formula is C26H30F3N9O3. The lowest BCUT2D eigenvalue weighted by atomic mass is 9.80. The molecule has 1 amide bonds. The fraction of sp³-hybridized carbons (Fsp3) is 0.615. The van der Waals surface area contributed by atoms with Crippen LogP contribution in [0.15, 0.2) is 12.4 Å². The van der Waals surface area contributed by atoms with Crippen molar-refractivity contribution < 1.29 is 27.4 Å². The lowest BCUT2D eigenvalue weighted by Crippen LogP contribution is -2.45. The molecule has 2 aromatic rings.